The van der Waals surface area contributed by atoms with Crippen molar-refractivity contribution in [3.05, 3.63) is 22.5 Å². The van der Waals surface area contributed by atoms with Gasteiger partial charge in [0.2, 0.25) is 0 Å². The second-order valence-electron chi connectivity index (χ2n) is 4.56. The van der Waals surface area contributed by atoms with E-state index in [9.17, 15) is 14.4 Å². The fraction of sp³-hybridized carbons (Fsp3) is 0.500. The standard InChI is InChI=1S/C14H20N2O5/c1-6-15-12(17)9(4)21-14(19)11-7(2)10(8(3)16-11)13(18)20-5/h9,16H,6H2,1-5H3,(H,15,17)/t9-/m1/s1. The highest BCUT2D eigenvalue weighted by atomic mass is 16.5. The molecular weight excluding hydrogens is 276 g/mol. The van der Waals surface area contributed by atoms with Gasteiger partial charge in [-0.05, 0) is 33.3 Å². The number of hydrogen-bond donors (Lipinski definition) is 2. The van der Waals surface area contributed by atoms with Gasteiger partial charge in [-0.2, -0.15) is 0 Å². The molecule has 0 fully saturated rings. The van der Waals surface area contributed by atoms with Crippen molar-refractivity contribution in [3.8, 4) is 0 Å². The Kier molecular flexibility index (Phi) is 5.52. The number of carbonyl (C=O) groups excluding carboxylic acids is 3. The molecule has 1 amide bonds. The maximum Gasteiger partial charge on any atom is 0.355 e. The van der Waals surface area contributed by atoms with E-state index < -0.39 is 18.0 Å². The van der Waals surface area contributed by atoms with Crippen molar-refractivity contribution in [1.29, 1.82) is 0 Å². The molecule has 0 saturated heterocycles. The molecule has 1 rings (SSSR count). The van der Waals surface area contributed by atoms with Crippen LogP contribution in [-0.2, 0) is 14.3 Å². The van der Waals surface area contributed by atoms with Crippen molar-refractivity contribution in [3.63, 3.8) is 0 Å². The number of ether oxygens (including phenoxy) is 2. The van der Waals surface area contributed by atoms with Crippen LogP contribution in [0.15, 0.2) is 0 Å². The first kappa shape index (κ1) is 16.7. The number of carbonyl (C=O) groups is 3. The summed E-state index contributed by atoms with van der Waals surface area (Å²) >= 11 is 0. The molecule has 0 aliphatic rings. The van der Waals surface area contributed by atoms with Gasteiger partial charge in [0, 0.05) is 12.2 Å². The van der Waals surface area contributed by atoms with E-state index >= 15 is 0 Å². The molecule has 0 aliphatic heterocycles. The molecule has 0 saturated carbocycles. The summed E-state index contributed by atoms with van der Waals surface area (Å²) in [6, 6.07) is 0. The lowest BCUT2D eigenvalue weighted by atomic mass is 10.1. The number of aryl methyl sites for hydroxylation is 1. The van der Waals surface area contributed by atoms with Crippen LogP contribution < -0.4 is 5.32 Å². The molecule has 0 radical (unpaired) electrons. The molecule has 21 heavy (non-hydrogen) atoms. The van der Waals surface area contributed by atoms with Gasteiger partial charge in [0.1, 0.15) is 5.69 Å². The molecule has 1 atom stereocenters. The van der Waals surface area contributed by atoms with Crippen molar-refractivity contribution in [2.75, 3.05) is 13.7 Å². The SMILES string of the molecule is CCNC(=O)[C@@H](C)OC(=O)c1[nH]c(C)c(C(=O)OC)c1C. The van der Waals surface area contributed by atoms with Gasteiger partial charge >= 0.3 is 11.9 Å². The Morgan fingerprint density at radius 1 is 1.24 bits per heavy atom. The van der Waals surface area contributed by atoms with Crippen LogP contribution >= 0.6 is 0 Å². The predicted octanol–water partition coefficient (Wildman–Crippen LogP) is 1.10. The Morgan fingerprint density at radius 3 is 2.38 bits per heavy atom. The topological polar surface area (TPSA) is 97.5 Å². The number of H-pyrrole nitrogens is 1. The minimum atomic E-state index is -0.915. The summed E-state index contributed by atoms with van der Waals surface area (Å²) in [5.74, 6) is -1.60. The molecular formula is C14H20N2O5. The summed E-state index contributed by atoms with van der Waals surface area (Å²) in [4.78, 5) is 38.1. The van der Waals surface area contributed by atoms with E-state index in [0.717, 1.165) is 0 Å². The molecule has 0 aromatic carbocycles. The molecule has 1 heterocycles. The molecule has 7 nitrogen and oxygen atoms in total. The van der Waals surface area contributed by atoms with Gasteiger partial charge in [-0.3, -0.25) is 4.79 Å². The maximum absolute atomic E-state index is 12.1. The second kappa shape index (κ2) is 6.92. The van der Waals surface area contributed by atoms with Gasteiger partial charge < -0.3 is 19.8 Å². The normalized spacial score (nSPS) is 11.7. The third-order valence-corrected chi connectivity index (χ3v) is 3.04. The van der Waals surface area contributed by atoms with Gasteiger partial charge in [-0.25, -0.2) is 9.59 Å². The molecule has 116 valence electrons. The quantitative estimate of drug-likeness (QED) is 0.793. The summed E-state index contributed by atoms with van der Waals surface area (Å²) in [5, 5.41) is 2.56. The average molecular weight is 296 g/mol. The molecule has 1 aromatic heterocycles. The third-order valence-electron chi connectivity index (χ3n) is 3.04. The fourth-order valence-corrected chi connectivity index (χ4v) is 1.95. The smallest absolute Gasteiger partial charge is 0.355 e. The number of amides is 1. The Balaban J connectivity index is 2.94. The van der Waals surface area contributed by atoms with Crippen LogP contribution in [-0.4, -0.2) is 42.6 Å². The highest BCUT2D eigenvalue weighted by Crippen LogP contribution is 2.20. The van der Waals surface area contributed by atoms with Gasteiger partial charge in [0.15, 0.2) is 6.10 Å². The number of hydrogen-bond acceptors (Lipinski definition) is 5. The molecule has 0 aliphatic carbocycles. The zero-order valence-corrected chi connectivity index (χ0v) is 12.8. The van der Waals surface area contributed by atoms with Crippen molar-refractivity contribution in [2.45, 2.75) is 33.8 Å². The highest BCUT2D eigenvalue weighted by Gasteiger charge is 2.25. The molecule has 1 aromatic rings. The zero-order valence-electron chi connectivity index (χ0n) is 12.8. The first-order chi connectivity index (χ1) is 9.83. The summed E-state index contributed by atoms with van der Waals surface area (Å²) in [5.41, 5.74) is 1.39. The lowest BCUT2D eigenvalue weighted by Crippen LogP contribution is -2.35. The van der Waals surface area contributed by atoms with Crippen LogP contribution in [0.4, 0.5) is 0 Å². The van der Waals surface area contributed by atoms with Crippen molar-refractivity contribution >= 4 is 17.8 Å². The summed E-state index contributed by atoms with van der Waals surface area (Å²) in [6.07, 6.45) is -0.915. The van der Waals surface area contributed by atoms with Crippen LogP contribution in [0.2, 0.25) is 0 Å². The monoisotopic (exact) mass is 296 g/mol. The van der Waals surface area contributed by atoms with E-state index in [2.05, 4.69) is 15.0 Å². The molecule has 7 heteroatoms. The van der Waals surface area contributed by atoms with Crippen molar-refractivity contribution < 1.29 is 23.9 Å². The van der Waals surface area contributed by atoms with E-state index in [0.29, 0.717) is 23.4 Å². The first-order valence-electron chi connectivity index (χ1n) is 6.59. The zero-order chi connectivity index (χ0) is 16.2. The van der Waals surface area contributed by atoms with Crippen LogP contribution in [0.3, 0.4) is 0 Å². The maximum atomic E-state index is 12.1. The number of likely N-dealkylation sites (N-methyl/N-ethyl adjacent to an activating group) is 1. The minimum absolute atomic E-state index is 0.143. The van der Waals surface area contributed by atoms with E-state index in [4.69, 9.17) is 4.74 Å². The number of rotatable bonds is 5. The number of nitrogens with one attached hydrogen (secondary N) is 2. The van der Waals surface area contributed by atoms with Crippen LogP contribution in [0.25, 0.3) is 0 Å². The van der Waals surface area contributed by atoms with Crippen LogP contribution in [0.1, 0.15) is 46.0 Å². The Bertz CT molecular complexity index is 562. The average Bonchev–Trinajstić information content (AvgIpc) is 2.73. The van der Waals surface area contributed by atoms with Crippen molar-refractivity contribution in [2.24, 2.45) is 0 Å². The highest BCUT2D eigenvalue weighted by molar-refractivity contribution is 5.99. The summed E-state index contributed by atoms with van der Waals surface area (Å²) in [7, 11) is 1.27. The number of aromatic amines is 1. The lowest BCUT2D eigenvalue weighted by molar-refractivity contribution is -0.128. The van der Waals surface area contributed by atoms with Crippen molar-refractivity contribution in [1.82, 2.24) is 10.3 Å². The predicted molar refractivity (Wildman–Crippen MR) is 75.2 cm³/mol. The number of methoxy groups -OCH3 is 1. The molecule has 2 N–H and O–H groups in total. The Hall–Kier alpha value is -2.31. The largest absolute Gasteiger partial charge is 0.465 e. The minimum Gasteiger partial charge on any atom is -0.465 e. The lowest BCUT2D eigenvalue weighted by Gasteiger charge is -2.12. The summed E-state index contributed by atoms with van der Waals surface area (Å²) in [6.45, 7) is 6.98. The van der Waals surface area contributed by atoms with Gasteiger partial charge in [0.25, 0.3) is 5.91 Å². The van der Waals surface area contributed by atoms with E-state index in [1.54, 1.807) is 20.8 Å². The van der Waals surface area contributed by atoms with Gasteiger partial charge in [0.05, 0.1) is 12.7 Å². The van der Waals surface area contributed by atoms with Gasteiger partial charge in [-0.1, -0.05) is 0 Å². The molecule has 0 spiro atoms. The van der Waals surface area contributed by atoms with E-state index in [1.807, 2.05) is 0 Å². The van der Waals surface area contributed by atoms with E-state index in [1.165, 1.54) is 14.0 Å². The van der Waals surface area contributed by atoms with Crippen LogP contribution in [0.5, 0.6) is 0 Å². The second-order valence-corrected chi connectivity index (χ2v) is 4.56. The number of aromatic nitrogens is 1. The Labute approximate surface area is 123 Å². The molecule has 0 unspecified atom stereocenters. The fourth-order valence-electron chi connectivity index (χ4n) is 1.95. The van der Waals surface area contributed by atoms with Gasteiger partial charge in [-0.15, -0.1) is 0 Å². The summed E-state index contributed by atoms with van der Waals surface area (Å²) < 4.78 is 9.75. The molecule has 0 bridgehead atoms. The Morgan fingerprint density at radius 2 is 1.86 bits per heavy atom. The number of esters is 2. The van der Waals surface area contributed by atoms with E-state index in [-0.39, 0.29) is 11.6 Å². The van der Waals surface area contributed by atoms with Crippen LogP contribution in [0, 0.1) is 13.8 Å². The first-order valence-corrected chi connectivity index (χ1v) is 6.59. The third kappa shape index (κ3) is 3.62.